The van der Waals surface area contributed by atoms with Crippen LogP contribution < -0.4 is 16.8 Å². The van der Waals surface area contributed by atoms with Gasteiger partial charge < -0.3 is 26.6 Å². The van der Waals surface area contributed by atoms with Gasteiger partial charge in [-0.25, -0.2) is 0 Å². The number of fused-ring (bicyclic) bond motifs is 3. The Kier molecular flexibility index (Phi) is 5.87. The van der Waals surface area contributed by atoms with Crippen LogP contribution in [-0.4, -0.2) is 41.2 Å². The number of ether oxygens (including phenoxy) is 1. The number of rotatable bonds is 5. The summed E-state index contributed by atoms with van der Waals surface area (Å²) in [6.07, 6.45) is 13.1. The highest BCUT2D eigenvalue weighted by Crippen LogP contribution is 2.59. The Balaban J connectivity index is 1.46. The summed E-state index contributed by atoms with van der Waals surface area (Å²) < 4.78 is 6.90. The summed E-state index contributed by atoms with van der Waals surface area (Å²) in [5.74, 6) is 2.56. The summed E-state index contributed by atoms with van der Waals surface area (Å²) in [7, 11) is 0. The Morgan fingerprint density at radius 3 is 2.61 bits per heavy atom. The molecular formula is C23H43N3O2. The first-order valence-electron chi connectivity index (χ1n) is 11.9. The summed E-state index contributed by atoms with van der Waals surface area (Å²) in [5.41, 5.74) is 12.4. The Morgan fingerprint density at radius 1 is 1.11 bits per heavy atom. The maximum absolute atomic E-state index is 9.68. The summed E-state index contributed by atoms with van der Waals surface area (Å²) in [5, 5.41) is 13.2. The third-order valence-corrected chi connectivity index (χ3v) is 8.81. The van der Waals surface area contributed by atoms with Gasteiger partial charge in [0, 0.05) is 18.1 Å². The molecule has 5 fully saturated rings. The van der Waals surface area contributed by atoms with Gasteiger partial charge >= 0.3 is 0 Å². The van der Waals surface area contributed by atoms with Crippen molar-refractivity contribution in [3.63, 3.8) is 0 Å². The number of hydrogen-bond donors (Lipinski definition) is 4. The highest BCUT2D eigenvalue weighted by molar-refractivity contribution is 5.15. The van der Waals surface area contributed by atoms with Crippen LogP contribution in [0.2, 0.25) is 0 Å². The molecule has 0 aromatic rings. The van der Waals surface area contributed by atoms with Crippen LogP contribution in [0.15, 0.2) is 0 Å². The van der Waals surface area contributed by atoms with Gasteiger partial charge in [0.2, 0.25) is 0 Å². The second-order valence-corrected chi connectivity index (χ2v) is 11.2. The van der Waals surface area contributed by atoms with Crippen molar-refractivity contribution in [2.75, 3.05) is 13.2 Å². The number of aliphatic hydroxyl groups is 1. The van der Waals surface area contributed by atoms with Crippen molar-refractivity contribution >= 4 is 0 Å². The predicted octanol–water partition coefficient (Wildman–Crippen LogP) is 2.89. The van der Waals surface area contributed by atoms with E-state index in [-0.39, 0.29) is 29.5 Å². The SMILES string of the molecule is CC1(C)O[C@@]2([C@@H]3CCC[C@@H](CC4CCC(N)NC4)C3)CC[C@H]1[C@](N)(CCO)C2. The summed E-state index contributed by atoms with van der Waals surface area (Å²) in [4.78, 5) is 0. The van der Waals surface area contributed by atoms with Crippen molar-refractivity contribution < 1.29 is 9.84 Å². The molecule has 2 unspecified atom stereocenters. The standard InChI is InChI=1S/C23H43N3O2/c1-21(2)19-8-9-23(28-21,15-22(19,25)10-11-27)18-5-3-4-16(13-18)12-17-6-7-20(24)26-14-17/h16-20,26-27H,3-15,24-25H2,1-2H3/t16-,17?,18+,19+,20?,22-,23-/m0/s1. The van der Waals surface area contributed by atoms with Crippen LogP contribution >= 0.6 is 0 Å². The third kappa shape index (κ3) is 3.90. The number of nitrogens with two attached hydrogens (primary N) is 2. The van der Waals surface area contributed by atoms with E-state index in [0.29, 0.717) is 18.3 Å². The molecule has 5 heteroatoms. The fraction of sp³-hybridized carbons (Fsp3) is 1.00. The first-order chi connectivity index (χ1) is 13.3. The normalized spacial score (nSPS) is 48.5. The van der Waals surface area contributed by atoms with Gasteiger partial charge in [0.15, 0.2) is 0 Å². The zero-order valence-electron chi connectivity index (χ0n) is 18.1. The maximum Gasteiger partial charge on any atom is 0.0735 e. The van der Waals surface area contributed by atoms with Crippen LogP contribution in [-0.2, 0) is 4.74 Å². The molecule has 0 radical (unpaired) electrons. The molecule has 2 bridgehead atoms. The van der Waals surface area contributed by atoms with Gasteiger partial charge in [0.05, 0.1) is 17.4 Å². The average molecular weight is 394 g/mol. The molecule has 5 nitrogen and oxygen atoms in total. The van der Waals surface area contributed by atoms with Crippen LogP contribution in [0, 0.1) is 23.7 Å². The van der Waals surface area contributed by atoms with Crippen LogP contribution in [0.5, 0.6) is 0 Å². The number of aliphatic hydroxyl groups excluding tert-OH is 1. The topological polar surface area (TPSA) is 93.5 Å². The van der Waals surface area contributed by atoms with E-state index in [9.17, 15) is 5.11 Å². The average Bonchev–Trinajstić information content (AvgIpc) is 2.63. The Bertz CT molecular complexity index is 548. The third-order valence-electron chi connectivity index (χ3n) is 8.81. The van der Waals surface area contributed by atoms with Gasteiger partial charge in [-0.15, -0.1) is 0 Å². The summed E-state index contributed by atoms with van der Waals surface area (Å²) >= 11 is 0. The minimum atomic E-state index is -0.273. The van der Waals surface area contributed by atoms with E-state index in [1.807, 2.05) is 0 Å². The van der Waals surface area contributed by atoms with Gasteiger partial charge in [-0.2, -0.15) is 0 Å². The molecule has 0 aromatic heterocycles. The molecule has 2 aliphatic carbocycles. The van der Waals surface area contributed by atoms with Crippen LogP contribution in [0.25, 0.3) is 0 Å². The van der Waals surface area contributed by atoms with Gasteiger partial charge in [0.25, 0.3) is 0 Å². The lowest BCUT2D eigenvalue weighted by molar-refractivity contribution is -0.287. The maximum atomic E-state index is 9.68. The lowest BCUT2D eigenvalue weighted by Crippen LogP contribution is -2.72. The van der Waals surface area contributed by atoms with Crippen molar-refractivity contribution in [3.05, 3.63) is 0 Å². The fourth-order valence-corrected chi connectivity index (χ4v) is 7.66. The van der Waals surface area contributed by atoms with Crippen molar-refractivity contribution in [3.8, 4) is 0 Å². The second-order valence-electron chi connectivity index (χ2n) is 11.2. The molecule has 0 aromatic carbocycles. The van der Waals surface area contributed by atoms with Crippen LogP contribution in [0.3, 0.4) is 0 Å². The van der Waals surface area contributed by atoms with E-state index in [4.69, 9.17) is 16.2 Å². The molecule has 2 saturated carbocycles. The molecule has 0 spiro atoms. The molecule has 162 valence electrons. The minimum Gasteiger partial charge on any atom is -0.396 e. The van der Waals surface area contributed by atoms with E-state index >= 15 is 0 Å². The lowest BCUT2D eigenvalue weighted by atomic mass is 9.53. The van der Waals surface area contributed by atoms with Crippen LogP contribution in [0.1, 0.15) is 84.5 Å². The zero-order valence-corrected chi connectivity index (χ0v) is 18.1. The van der Waals surface area contributed by atoms with Crippen molar-refractivity contribution in [2.45, 2.75) is 107 Å². The molecule has 3 saturated heterocycles. The van der Waals surface area contributed by atoms with Crippen molar-refractivity contribution in [2.24, 2.45) is 35.1 Å². The molecule has 6 N–H and O–H groups in total. The molecular weight excluding hydrogens is 350 g/mol. The second kappa shape index (κ2) is 7.81. The largest absolute Gasteiger partial charge is 0.396 e. The van der Waals surface area contributed by atoms with Crippen molar-refractivity contribution in [1.82, 2.24) is 5.32 Å². The van der Waals surface area contributed by atoms with Gasteiger partial charge in [-0.1, -0.05) is 12.8 Å². The quantitative estimate of drug-likeness (QED) is 0.576. The van der Waals surface area contributed by atoms with E-state index in [0.717, 1.165) is 44.1 Å². The number of nitrogens with one attached hydrogen (secondary N) is 1. The first kappa shape index (κ1) is 21.0. The Hall–Kier alpha value is -0.200. The van der Waals surface area contributed by atoms with Gasteiger partial charge in [-0.3, -0.25) is 0 Å². The van der Waals surface area contributed by atoms with E-state index < -0.39 is 0 Å². The minimum absolute atomic E-state index is 0.0754. The molecule has 5 rings (SSSR count). The van der Waals surface area contributed by atoms with Crippen LogP contribution in [0.4, 0.5) is 0 Å². The van der Waals surface area contributed by atoms with Crippen molar-refractivity contribution in [1.29, 1.82) is 0 Å². The molecule has 5 aliphatic rings. The monoisotopic (exact) mass is 393 g/mol. The summed E-state index contributed by atoms with van der Waals surface area (Å²) in [6, 6.07) is 0. The smallest absolute Gasteiger partial charge is 0.0735 e. The fourth-order valence-electron chi connectivity index (χ4n) is 7.66. The van der Waals surface area contributed by atoms with Gasteiger partial charge in [-0.05, 0) is 95.9 Å². The number of hydrogen-bond acceptors (Lipinski definition) is 5. The predicted molar refractivity (Wildman–Crippen MR) is 113 cm³/mol. The van der Waals surface area contributed by atoms with E-state index in [2.05, 4.69) is 19.2 Å². The summed E-state index contributed by atoms with van der Waals surface area (Å²) in [6.45, 7) is 5.74. The lowest BCUT2D eigenvalue weighted by Gasteiger charge is -2.65. The highest BCUT2D eigenvalue weighted by atomic mass is 16.5. The molecule has 28 heavy (non-hydrogen) atoms. The van der Waals surface area contributed by atoms with Gasteiger partial charge in [0.1, 0.15) is 0 Å². The molecule has 3 aliphatic heterocycles. The molecule has 0 amide bonds. The Labute approximate surface area is 171 Å². The highest BCUT2D eigenvalue weighted by Gasteiger charge is 2.62. The molecule has 7 atom stereocenters. The molecule has 3 heterocycles. The first-order valence-corrected chi connectivity index (χ1v) is 11.9. The zero-order chi connectivity index (χ0) is 20.0. The van der Waals surface area contributed by atoms with E-state index in [1.165, 1.54) is 38.5 Å². The number of piperidine rings is 1. The van der Waals surface area contributed by atoms with E-state index in [1.54, 1.807) is 0 Å². The Morgan fingerprint density at radius 2 is 1.93 bits per heavy atom.